The van der Waals surface area contributed by atoms with Crippen molar-refractivity contribution in [3.8, 4) is 50.2 Å². The van der Waals surface area contributed by atoms with E-state index in [1.54, 1.807) is 0 Å². The van der Waals surface area contributed by atoms with E-state index >= 15 is 0 Å². The fourth-order valence-corrected chi connectivity index (χ4v) is 8.94. The summed E-state index contributed by atoms with van der Waals surface area (Å²) in [5.74, 6) is 0. The Morgan fingerprint density at radius 3 is 1.37 bits per heavy atom. The predicted molar refractivity (Wildman–Crippen MR) is 255 cm³/mol. The lowest BCUT2D eigenvalue weighted by molar-refractivity contribution is 1.18. The van der Waals surface area contributed by atoms with Crippen LogP contribution in [-0.4, -0.2) is 4.57 Å². The highest BCUT2D eigenvalue weighted by molar-refractivity contribution is 6.09. The molecule has 0 saturated heterocycles. The van der Waals surface area contributed by atoms with Crippen LogP contribution >= 0.6 is 0 Å². The summed E-state index contributed by atoms with van der Waals surface area (Å²) in [6.07, 6.45) is 0. The molecule has 0 aliphatic rings. The third kappa shape index (κ3) is 6.32. The zero-order chi connectivity index (χ0) is 39.8. The van der Waals surface area contributed by atoms with Gasteiger partial charge in [-0.25, -0.2) is 0 Å². The summed E-state index contributed by atoms with van der Waals surface area (Å²) in [7, 11) is 0. The van der Waals surface area contributed by atoms with Gasteiger partial charge in [-0.05, 0) is 111 Å². The average molecular weight is 765 g/mol. The first-order valence-corrected chi connectivity index (χ1v) is 20.6. The van der Waals surface area contributed by atoms with E-state index in [4.69, 9.17) is 0 Å². The van der Waals surface area contributed by atoms with E-state index in [9.17, 15) is 0 Å². The molecule has 10 aromatic carbocycles. The number of benzene rings is 10. The maximum Gasteiger partial charge on any atom is 0.0541 e. The molecule has 0 spiro atoms. The summed E-state index contributed by atoms with van der Waals surface area (Å²) in [5.41, 5.74) is 16.3. The standard InChI is InChI=1S/C58H40N2/c1-4-17-41(18-5-1)45-23-16-24-49(38-45)59(58-36-35-51(44-21-8-3-9-22-44)52-25-10-11-26-53(52)58)48-33-31-43(32-34-48)47-37-46(42-19-6-2-7-20-42)39-50(40-47)60-56-29-14-12-27-54(56)55-28-13-15-30-57(55)60/h1-40H. The van der Waals surface area contributed by atoms with Crippen molar-refractivity contribution >= 4 is 49.6 Å². The largest absolute Gasteiger partial charge is 0.310 e. The van der Waals surface area contributed by atoms with Crippen molar-refractivity contribution in [2.45, 2.75) is 0 Å². The number of rotatable bonds is 8. The van der Waals surface area contributed by atoms with Gasteiger partial charge in [0.2, 0.25) is 0 Å². The van der Waals surface area contributed by atoms with Gasteiger partial charge in [0.05, 0.1) is 16.7 Å². The monoisotopic (exact) mass is 764 g/mol. The average Bonchev–Trinajstić information content (AvgIpc) is 3.67. The summed E-state index contributed by atoms with van der Waals surface area (Å²) in [6, 6.07) is 87.9. The molecule has 282 valence electrons. The molecule has 0 aliphatic heterocycles. The molecule has 1 heterocycles. The van der Waals surface area contributed by atoms with Crippen molar-refractivity contribution in [1.82, 2.24) is 4.57 Å². The zero-order valence-corrected chi connectivity index (χ0v) is 33.0. The van der Waals surface area contributed by atoms with Gasteiger partial charge in [-0.2, -0.15) is 0 Å². The van der Waals surface area contributed by atoms with Crippen LogP contribution in [0.5, 0.6) is 0 Å². The SMILES string of the molecule is c1ccc(-c2cccc(N(c3ccc(-c4cc(-c5ccccc5)cc(-n5c6ccccc6c6ccccc65)c4)cc3)c3ccc(-c4ccccc4)c4ccccc34)c2)cc1. The van der Waals surface area contributed by atoms with E-state index in [0.717, 1.165) is 33.9 Å². The minimum atomic E-state index is 1.09. The summed E-state index contributed by atoms with van der Waals surface area (Å²) >= 11 is 0. The first-order chi connectivity index (χ1) is 29.8. The lowest BCUT2D eigenvalue weighted by Crippen LogP contribution is -2.10. The van der Waals surface area contributed by atoms with E-state index in [1.807, 2.05) is 0 Å². The highest BCUT2D eigenvalue weighted by Gasteiger charge is 2.19. The van der Waals surface area contributed by atoms with E-state index in [2.05, 4.69) is 252 Å². The van der Waals surface area contributed by atoms with Gasteiger partial charge in [0.1, 0.15) is 0 Å². The maximum absolute atomic E-state index is 2.42. The van der Waals surface area contributed by atoms with Crippen molar-refractivity contribution in [3.05, 3.63) is 243 Å². The topological polar surface area (TPSA) is 8.17 Å². The van der Waals surface area contributed by atoms with Crippen LogP contribution in [-0.2, 0) is 0 Å². The number of fused-ring (bicyclic) bond motifs is 4. The first-order valence-electron chi connectivity index (χ1n) is 20.6. The second kappa shape index (κ2) is 15.1. The second-order valence-electron chi connectivity index (χ2n) is 15.3. The van der Waals surface area contributed by atoms with Crippen molar-refractivity contribution in [2.75, 3.05) is 4.90 Å². The molecule has 0 radical (unpaired) electrons. The van der Waals surface area contributed by atoms with Crippen LogP contribution in [0, 0.1) is 0 Å². The zero-order valence-electron chi connectivity index (χ0n) is 33.0. The van der Waals surface area contributed by atoms with Crippen LogP contribution in [0.1, 0.15) is 0 Å². The Morgan fingerprint density at radius 1 is 0.267 bits per heavy atom. The molecule has 0 fully saturated rings. The highest BCUT2D eigenvalue weighted by atomic mass is 15.1. The molecule has 0 N–H and O–H groups in total. The number of hydrogen-bond donors (Lipinski definition) is 0. The van der Waals surface area contributed by atoms with Gasteiger partial charge in [-0.15, -0.1) is 0 Å². The van der Waals surface area contributed by atoms with Gasteiger partial charge in [-0.1, -0.05) is 182 Å². The summed E-state index contributed by atoms with van der Waals surface area (Å²) < 4.78 is 2.42. The smallest absolute Gasteiger partial charge is 0.0541 e. The molecule has 11 aromatic rings. The van der Waals surface area contributed by atoms with E-state index in [1.165, 1.54) is 66.0 Å². The van der Waals surface area contributed by atoms with Gasteiger partial charge in [-0.3, -0.25) is 0 Å². The fraction of sp³-hybridized carbons (Fsp3) is 0. The third-order valence-corrected chi connectivity index (χ3v) is 11.8. The Hall–Kier alpha value is -7.94. The number of hydrogen-bond acceptors (Lipinski definition) is 1. The molecule has 2 heteroatoms. The Kier molecular flexibility index (Phi) is 8.87. The van der Waals surface area contributed by atoms with Crippen molar-refractivity contribution in [2.24, 2.45) is 0 Å². The number of para-hydroxylation sites is 2. The first kappa shape index (κ1) is 35.2. The van der Waals surface area contributed by atoms with Crippen LogP contribution in [0.25, 0.3) is 82.8 Å². The van der Waals surface area contributed by atoms with Crippen LogP contribution in [0.3, 0.4) is 0 Å². The van der Waals surface area contributed by atoms with Crippen LogP contribution in [0.4, 0.5) is 17.1 Å². The lowest BCUT2D eigenvalue weighted by Gasteiger charge is -2.28. The van der Waals surface area contributed by atoms with Crippen LogP contribution in [0.15, 0.2) is 243 Å². The molecule has 0 amide bonds. The van der Waals surface area contributed by atoms with Gasteiger partial charge in [0.25, 0.3) is 0 Å². The van der Waals surface area contributed by atoms with Gasteiger partial charge in [0, 0.05) is 33.2 Å². The molecule has 2 nitrogen and oxygen atoms in total. The lowest BCUT2D eigenvalue weighted by atomic mass is 9.95. The second-order valence-corrected chi connectivity index (χ2v) is 15.3. The molecule has 0 aliphatic carbocycles. The minimum Gasteiger partial charge on any atom is -0.310 e. The number of anilines is 3. The number of nitrogens with zero attached hydrogens (tertiary/aromatic N) is 2. The maximum atomic E-state index is 2.42. The predicted octanol–water partition coefficient (Wildman–Crippen LogP) is 16.1. The Balaban J connectivity index is 1.08. The summed E-state index contributed by atoms with van der Waals surface area (Å²) in [5, 5.41) is 4.92. The third-order valence-electron chi connectivity index (χ3n) is 11.8. The Labute approximate surface area is 350 Å². The molecular formula is C58H40N2. The summed E-state index contributed by atoms with van der Waals surface area (Å²) in [6.45, 7) is 0. The molecule has 0 unspecified atom stereocenters. The van der Waals surface area contributed by atoms with Crippen molar-refractivity contribution < 1.29 is 0 Å². The number of aromatic nitrogens is 1. The van der Waals surface area contributed by atoms with E-state index in [-0.39, 0.29) is 0 Å². The summed E-state index contributed by atoms with van der Waals surface area (Å²) in [4.78, 5) is 2.41. The Morgan fingerprint density at radius 2 is 0.750 bits per heavy atom. The highest BCUT2D eigenvalue weighted by Crippen LogP contribution is 2.44. The van der Waals surface area contributed by atoms with E-state index in [0.29, 0.717) is 0 Å². The molecule has 0 saturated carbocycles. The normalized spacial score (nSPS) is 11.3. The van der Waals surface area contributed by atoms with Crippen LogP contribution < -0.4 is 4.90 Å². The van der Waals surface area contributed by atoms with Gasteiger partial charge >= 0.3 is 0 Å². The quantitative estimate of drug-likeness (QED) is 0.150. The van der Waals surface area contributed by atoms with Crippen molar-refractivity contribution in [1.29, 1.82) is 0 Å². The Bertz CT molecular complexity index is 3240. The van der Waals surface area contributed by atoms with Gasteiger partial charge < -0.3 is 9.47 Å². The van der Waals surface area contributed by atoms with Crippen LogP contribution in [0.2, 0.25) is 0 Å². The fourth-order valence-electron chi connectivity index (χ4n) is 8.94. The molecule has 11 rings (SSSR count). The molecule has 0 bridgehead atoms. The van der Waals surface area contributed by atoms with E-state index < -0.39 is 0 Å². The molecular weight excluding hydrogens is 725 g/mol. The molecule has 1 aromatic heterocycles. The van der Waals surface area contributed by atoms with Crippen molar-refractivity contribution in [3.63, 3.8) is 0 Å². The molecule has 60 heavy (non-hydrogen) atoms. The molecule has 0 atom stereocenters. The van der Waals surface area contributed by atoms with Gasteiger partial charge in [0.15, 0.2) is 0 Å². The minimum absolute atomic E-state index is 1.09.